The van der Waals surface area contributed by atoms with E-state index in [0.29, 0.717) is 17.7 Å². The second-order valence-corrected chi connectivity index (χ2v) is 4.69. The summed E-state index contributed by atoms with van der Waals surface area (Å²) in [6.45, 7) is 1.23. The molecule has 0 spiro atoms. The van der Waals surface area contributed by atoms with Crippen molar-refractivity contribution < 1.29 is 9.59 Å². The van der Waals surface area contributed by atoms with E-state index in [1.54, 1.807) is 31.3 Å². The van der Waals surface area contributed by atoms with Crippen LogP contribution in [0.5, 0.6) is 0 Å². The van der Waals surface area contributed by atoms with Crippen molar-refractivity contribution in [1.82, 2.24) is 10.2 Å². The number of nitrogens with two attached hydrogens (primary N) is 1. The molecule has 1 aromatic carbocycles. The number of hydrogen-bond acceptors (Lipinski definition) is 3. The Morgan fingerprint density at radius 3 is 2.84 bits per heavy atom. The number of hydrogen-bond donors (Lipinski definition) is 2. The summed E-state index contributed by atoms with van der Waals surface area (Å²) in [7, 11) is 1.57. The molecule has 1 fully saturated rings. The largest absolute Gasteiger partial charge is 0.355 e. The molecular weight excluding hydrogens is 242 g/mol. The molecule has 1 aliphatic heterocycles. The lowest BCUT2D eigenvalue weighted by Gasteiger charge is -2.23. The Labute approximate surface area is 112 Å². The van der Waals surface area contributed by atoms with Crippen molar-refractivity contribution in [2.24, 2.45) is 5.73 Å². The first-order chi connectivity index (χ1) is 9.17. The summed E-state index contributed by atoms with van der Waals surface area (Å²) in [6, 6.07) is 6.91. The van der Waals surface area contributed by atoms with Gasteiger partial charge in [-0.25, -0.2) is 0 Å². The van der Waals surface area contributed by atoms with E-state index in [0.717, 1.165) is 19.4 Å². The average molecular weight is 261 g/mol. The Bertz CT molecular complexity index is 487. The molecule has 5 nitrogen and oxygen atoms in total. The lowest BCUT2D eigenvalue weighted by Crippen LogP contribution is -2.40. The number of nitrogens with zero attached hydrogens (tertiary/aromatic N) is 1. The molecule has 0 saturated carbocycles. The first-order valence-electron chi connectivity index (χ1n) is 6.50. The summed E-state index contributed by atoms with van der Waals surface area (Å²) in [4.78, 5) is 25.8. The highest BCUT2D eigenvalue weighted by Crippen LogP contribution is 2.19. The summed E-state index contributed by atoms with van der Waals surface area (Å²) in [5, 5.41) is 2.55. The Balaban J connectivity index is 2.21. The van der Waals surface area contributed by atoms with Gasteiger partial charge in [0.2, 0.25) is 0 Å². The SMILES string of the molecule is CNC(=O)c1cccc(C(=O)N2CCCC2CN)c1. The van der Waals surface area contributed by atoms with Crippen LogP contribution >= 0.6 is 0 Å². The fourth-order valence-electron chi connectivity index (χ4n) is 2.45. The van der Waals surface area contributed by atoms with Crippen LogP contribution in [0.1, 0.15) is 33.6 Å². The zero-order valence-electron chi connectivity index (χ0n) is 11.1. The van der Waals surface area contributed by atoms with E-state index in [4.69, 9.17) is 5.73 Å². The van der Waals surface area contributed by atoms with E-state index in [2.05, 4.69) is 5.32 Å². The summed E-state index contributed by atoms with van der Waals surface area (Å²) in [5.41, 5.74) is 6.72. The monoisotopic (exact) mass is 261 g/mol. The predicted octanol–water partition coefficient (Wildman–Crippen LogP) is 0.610. The molecule has 1 unspecified atom stereocenters. The Morgan fingerprint density at radius 1 is 1.42 bits per heavy atom. The van der Waals surface area contributed by atoms with Gasteiger partial charge in [0.1, 0.15) is 0 Å². The van der Waals surface area contributed by atoms with Crippen molar-refractivity contribution in [3.8, 4) is 0 Å². The molecule has 0 aromatic heterocycles. The molecule has 0 radical (unpaired) electrons. The second-order valence-electron chi connectivity index (χ2n) is 4.69. The van der Waals surface area contributed by atoms with Gasteiger partial charge >= 0.3 is 0 Å². The van der Waals surface area contributed by atoms with Gasteiger partial charge in [-0.1, -0.05) is 6.07 Å². The van der Waals surface area contributed by atoms with E-state index in [1.165, 1.54) is 0 Å². The molecule has 0 aliphatic carbocycles. The van der Waals surface area contributed by atoms with Gasteiger partial charge in [0.15, 0.2) is 0 Å². The lowest BCUT2D eigenvalue weighted by atomic mass is 10.1. The van der Waals surface area contributed by atoms with E-state index in [9.17, 15) is 9.59 Å². The summed E-state index contributed by atoms with van der Waals surface area (Å²) >= 11 is 0. The van der Waals surface area contributed by atoms with E-state index in [1.807, 2.05) is 4.90 Å². The van der Waals surface area contributed by atoms with Gasteiger partial charge in [-0.15, -0.1) is 0 Å². The number of likely N-dealkylation sites (tertiary alicyclic amines) is 1. The molecule has 0 bridgehead atoms. The molecule has 2 rings (SSSR count). The van der Waals surface area contributed by atoms with Crippen LogP contribution in [-0.2, 0) is 0 Å². The maximum absolute atomic E-state index is 12.4. The van der Waals surface area contributed by atoms with Crippen LogP contribution < -0.4 is 11.1 Å². The number of nitrogens with one attached hydrogen (secondary N) is 1. The Morgan fingerprint density at radius 2 is 2.16 bits per heavy atom. The van der Waals surface area contributed by atoms with Gasteiger partial charge in [-0.05, 0) is 31.0 Å². The number of carbonyl (C=O) groups excluding carboxylic acids is 2. The van der Waals surface area contributed by atoms with Crippen LogP contribution in [0.25, 0.3) is 0 Å². The third-order valence-corrected chi connectivity index (χ3v) is 3.51. The third kappa shape index (κ3) is 2.76. The number of carbonyl (C=O) groups is 2. The third-order valence-electron chi connectivity index (χ3n) is 3.51. The summed E-state index contributed by atoms with van der Waals surface area (Å²) < 4.78 is 0. The van der Waals surface area contributed by atoms with Crippen molar-refractivity contribution in [2.75, 3.05) is 20.1 Å². The first-order valence-corrected chi connectivity index (χ1v) is 6.50. The highest BCUT2D eigenvalue weighted by molar-refractivity contribution is 5.99. The molecule has 19 heavy (non-hydrogen) atoms. The van der Waals surface area contributed by atoms with Crippen molar-refractivity contribution in [1.29, 1.82) is 0 Å². The van der Waals surface area contributed by atoms with E-state index in [-0.39, 0.29) is 17.9 Å². The Hall–Kier alpha value is -1.88. The van der Waals surface area contributed by atoms with Gasteiger partial charge < -0.3 is 16.0 Å². The zero-order chi connectivity index (χ0) is 13.8. The smallest absolute Gasteiger partial charge is 0.254 e. The molecular formula is C14H19N3O2. The minimum Gasteiger partial charge on any atom is -0.355 e. The lowest BCUT2D eigenvalue weighted by molar-refractivity contribution is 0.0741. The van der Waals surface area contributed by atoms with Crippen LogP contribution in [0.3, 0.4) is 0 Å². The Kier molecular flexibility index (Phi) is 4.16. The van der Waals surface area contributed by atoms with Crippen LogP contribution in [0.15, 0.2) is 24.3 Å². The van der Waals surface area contributed by atoms with Crippen molar-refractivity contribution in [3.05, 3.63) is 35.4 Å². The average Bonchev–Trinajstić information content (AvgIpc) is 2.94. The normalized spacial score (nSPS) is 18.4. The van der Waals surface area contributed by atoms with Gasteiger partial charge in [0.05, 0.1) is 0 Å². The first kappa shape index (κ1) is 13.5. The molecule has 1 atom stereocenters. The molecule has 1 heterocycles. The molecule has 1 saturated heterocycles. The van der Waals surface area contributed by atoms with Gasteiger partial charge in [-0.3, -0.25) is 9.59 Å². The second kappa shape index (κ2) is 5.84. The quantitative estimate of drug-likeness (QED) is 0.837. The predicted molar refractivity (Wildman–Crippen MR) is 72.9 cm³/mol. The summed E-state index contributed by atoms with van der Waals surface area (Å²) in [6.07, 6.45) is 1.94. The number of benzene rings is 1. The molecule has 102 valence electrons. The number of rotatable bonds is 3. The standard InChI is InChI=1S/C14H19N3O2/c1-16-13(18)10-4-2-5-11(8-10)14(19)17-7-3-6-12(17)9-15/h2,4-5,8,12H,3,6-7,9,15H2,1H3,(H,16,18). The van der Waals surface area contributed by atoms with Crippen LogP contribution in [0.4, 0.5) is 0 Å². The van der Waals surface area contributed by atoms with Crippen molar-refractivity contribution >= 4 is 11.8 Å². The van der Waals surface area contributed by atoms with Crippen LogP contribution in [0, 0.1) is 0 Å². The maximum atomic E-state index is 12.4. The van der Waals surface area contributed by atoms with Crippen molar-refractivity contribution in [3.63, 3.8) is 0 Å². The van der Waals surface area contributed by atoms with Gasteiger partial charge in [-0.2, -0.15) is 0 Å². The van der Waals surface area contributed by atoms with Gasteiger partial charge in [0, 0.05) is 37.3 Å². The van der Waals surface area contributed by atoms with Gasteiger partial charge in [0.25, 0.3) is 11.8 Å². The zero-order valence-corrected chi connectivity index (χ0v) is 11.1. The van der Waals surface area contributed by atoms with E-state index >= 15 is 0 Å². The van der Waals surface area contributed by atoms with Crippen molar-refractivity contribution in [2.45, 2.75) is 18.9 Å². The molecule has 3 N–H and O–H groups in total. The maximum Gasteiger partial charge on any atom is 0.254 e. The van der Waals surface area contributed by atoms with Crippen LogP contribution in [0.2, 0.25) is 0 Å². The molecule has 5 heteroatoms. The summed E-state index contributed by atoms with van der Waals surface area (Å²) in [5.74, 6) is -0.231. The highest BCUT2D eigenvalue weighted by Gasteiger charge is 2.28. The molecule has 1 aromatic rings. The topological polar surface area (TPSA) is 75.4 Å². The highest BCUT2D eigenvalue weighted by atomic mass is 16.2. The fourth-order valence-corrected chi connectivity index (χ4v) is 2.45. The minimum atomic E-state index is -0.188. The minimum absolute atomic E-state index is 0.0429. The molecule has 2 amide bonds. The number of amides is 2. The van der Waals surface area contributed by atoms with E-state index < -0.39 is 0 Å². The fraction of sp³-hybridized carbons (Fsp3) is 0.429. The van der Waals surface area contributed by atoms with Crippen LogP contribution in [-0.4, -0.2) is 42.9 Å². The molecule has 1 aliphatic rings.